The van der Waals surface area contributed by atoms with E-state index in [1.807, 2.05) is 0 Å². The molecule has 0 aromatic heterocycles. The minimum absolute atomic E-state index is 0.0506. The summed E-state index contributed by atoms with van der Waals surface area (Å²) in [5, 5.41) is -0.101. The number of ketones is 1. The molecule has 5 nitrogen and oxygen atoms in total. The SMILES string of the molecule is CO[SiH](OC)C(C)(C)CCC(=O)CCC(C)(C)[SiH](OC)OC. The van der Waals surface area contributed by atoms with Crippen LogP contribution in [-0.2, 0) is 22.5 Å². The molecule has 0 amide bonds. The summed E-state index contributed by atoms with van der Waals surface area (Å²) in [6.07, 6.45) is 2.76. The second-order valence-corrected chi connectivity index (χ2v) is 13.5. The van der Waals surface area contributed by atoms with Crippen LogP contribution in [0.1, 0.15) is 53.4 Å². The van der Waals surface area contributed by atoms with Gasteiger partial charge in [-0.25, -0.2) is 0 Å². The van der Waals surface area contributed by atoms with Crippen LogP contribution >= 0.6 is 0 Å². The molecule has 0 aromatic carbocycles. The van der Waals surface area contributed by atoms with Crippen molar-refractivity contribution in [3.05, 3.63) is 0 Å². The van der Waals surface area contributed by atoms with E-state index >= 15 is 0 Å². The minimum atomic E-state index is -1.73. The molecule has 0 aliphatic carbocycles. The summed E-state index contributed by atoms with van der Waals surface area (Å²) in [6, 6.07) is 0. The molecule has 0 aliphatic heterocycles. The molecule has 0 bridgehead atoms. The third-order valence-electron chi connectivity index (χ3n) is 4.23. The van der Waals surface area contributed by atoms with Crippen LogP contribution in [0.15, 0.2) is 0 Å². The Bertz CT molecular complexity index is 296. The van der Waals surface area contributed by atoms with Gasteiger partial charge in [0.25, 0.3) is 0 Å². The Morgan fingerprint density at radius 3 is 1.23 bits per heavy atom. The first-order chi connectivity index (χ1) is 10.1. The fourth-order valence-electron chi connectivity index (χ4n) is 2.75. The summed E-state index contributed by atoms with van der Waals surface area (Å²) in [7, 11) is 3.30. The van der Waals surface area contributed by atoms with Crippen LogP contribution in [0.25, 0.3) is 0 Å². The number of rotatable bonds is 12. The Morgan fingerprint density at radius 2 is 1.00 bits per heavy atom. The summed E-state index contributed by atoms with van der Waals surface area (Å²) in [6.45, 7) is 8.47. The van der Waals surface area contributed by atoms with Crippen LogP contribution in [0.4, 0.5) is 0 Å². The van der Waals surface area contributed by atoms with E-state index in [1.54, 1.807) is 28.4 Å². The van der Waals surface area contributed by atoms with Crippen molar-refractivity contribution in [1.82, 2.24) is 0 Å². The van der Waals surface area contributed by atoms with E-state index in [0.717, 1.165) is 12.8 Å². The second kappa shape index (κ2) is 9.94. The third-order valence-corrected chi connectivity index (χ3v) is 9.07. The number of hydrogen-bond donors (Lipinski definition) is 0. The molecule has 0 aliphatic rings. The van der Waals surface area contributed by atoms with Crippen LogP contribution in [-0.4, -0.2) is 52.8 Å². The lowest BCUT2D eigenvalue weighted by Crippen LogP contribution is -2.34. The summed E-state index contributed by atoms with van der Waals surface area (Å²) >= 11 is 0. The van der Waals surface area contributed by atoms with E-state index in [-0.39, 0.29) is 10.1 Å². The van der Waals surface area contributed by atoms with Gasteiger partial charge in [0.05, 0.1) is 0 Å². The van der Waals surface area contributed by atoms with Gasteiger partial charge < -0.3 is 17.7 Å². The standard InChI is InChI=1S/C15H34O5Si2/c1-14(2,21(17-5)18-6)11-9-13(16)10-12-15(3,4)22(19-7)20-8/h21-22H,9-12H2,1-8H3. The predicted octanol–water partition coefficient (Wildman–Crippen LogP) is 2.70. The Morgan fingerprint density at radius 1 is 0.727 bits per heavy atom. The highest BCUT2D eigenvalue weighted by Gasteiger charge is 2.35. The van der Waals surface area contributed by atoms with Crippen molar-refractivity contribution in [3.8, 4) is 0 Å². The molecule has 22 heavy (non-hydrogen) atoms. The molecule has 0 radical (unpaired) electrons. The monoisotopic (exact) mass is 350 g/mol. The van der Waals surface area contributed by atoms with Gasteiger partial charge >= 0.3 is 18.6 Å². The first-order valence-electron chi connectivity index (χ1n) is 7.77. The third kappa shape index (κ3) is 7.01. The first kappa shape index (κ1) is 21.9. The predicted molar refractivity (Wildman–Crippen MR) is 93.9 cm³/mol. The smallest absolute Gasteiger partial charge is 0.326 e. The van der Waals surface area contributed by atoms with Gasteiger partial charge in [-0.1, -0.05) is 27.7 Å². The fourth-order valence-corrected chi connectivity index (χ4v) is 6.45. The molecule has 0 aromatic rings. The van der Waals surface area contributed by atoms with Crippen LogP contribution < -0.4 is 0 Å². The Labute approximate surface area is 139 Å². The zero-order valence-electron chi connectivity index (χ0n) is 15.5. The van der Waals surface area contributed by atoms with Crippen molar-refractivity contribution >= 4 is 24.4 Å². The largest absolute Gasteiger partial charge is 0.400 e. The molecule has 0 N–H and O–H groups in total. The summed E-state index contributed by atoms with van der Waals surface area (Å²) in [5.74, 6) is 0.293. The Kier molecular flexibility index (Phi) is 9.92. The molecule has 0 spiro atoms. The molecule has 0 heterocycles. The first-order valence-corrected chi connectivity index (χ1v) is 10.8. The zero-order valence-corrected chi connectivity index (χ0v) is 17.8. The molecule has 0 rings (SSSR count). The molecule has 0 atom stereocenters. The van der Waals surface area contributed by atoms with Crippen LogP contribution in [0.5, 0.6) is 0 Å². The van der Waals surface area contributed by atoms with E-state index < -0.39 is 18.6 Å². The zero-order chi connectivity index (χ0) is 17.4. The van der Waals surface area contributed by atoms with Crippen molar-refractivity contribution in [2.45, 2.75) is 63.5 Å². The maximum absolute atomic E-state index is 12.2. The van der Waals surface area contributed by atoms with Crippen LogP contribution in [0.3, 0.4) is 0 Å². The van der Waals surface area contributed by atoms with Gasteiger partial charge in [0, 0.05) is 51.4 Å². The molecule has 0 fully saturated rings. The van der Waals surface area contributed by atoms with Gasteiger partial charge in [0.2, 0.25) is 0 Å². The maximum Gasteiger partial charge on any atom is 0.326 e. The average molecular weight is 351 g/mol. The normalized spacial score (nSPS) is 13.2. The highest BCUT2D eigenvalue weighted by Crippen LogP contribution is 2.37. The molecule has 0 saturated heterocycles. The summed E-state index contributed by atoms with van der Waals surface area (Å²) in [4.78, 5) is 12.2. The van der Waals surface area contributed by atoms with Gasteiger partial charge in [-0.2, -0.15) is 0 Å². The highest BCUT2D eigenvalue weighted by atomic mass is 28.3. The van der Waals surface area contributed by atoms with Gasteiger partial charge in [-0.3, -0.25) is 4.79 Å². The van der Waals surface area contributed by atoms with Crippen LogP contribution in [0, 0.1) is 0 Å². The van der Waals surface area contributed by atoms with E-state index in [4.69, 9.17) is 17.7 Å². The number of carbonyl (C=O) groups is 1. The number of hydrogen-bond acceptors (Lipinski definition) is 5. The molecular formula is C15H34O5Si2. The lowest BCUT2D eigenvalue weighted by atomic mass is 9.99. The van der Waals surface area contributed by atoms with Gasteiger partial charge in [0.1, 0.15) is 5.78 Å². The van der Waals surface area contributed by atoms with Crippen molar-refractivity contribution in [2.75, 3.05) is 28.4 Å². The van der Waals surface area contributed by atoms with E-state index in [9.17, 15) is 4.79 Å². The maximum atomic E-state index is 12.2. The van der Waals surface area contributed by atoms with Crippen molar-refractivity contribution < 1.29 is 22.5 Å². The second-order valence-electron chi connectivity index (χ2n) is 7.12. The molecular weight excluding hydrogens is 316 g/mol. The quantitative estimate of drug-likeness (QED) is 0.507. The number of carbonyl (C=O) groups excluding carboxylic acids is 1. The van der Waals surface area contributed by atoms with Crippen molar-refractivity contribution in [1.29, 1.82) is 0 Å². The van der Waals surface area contributed by atoms with E-state index in [2.05, 4.69) is 27.7 Å². The topological polar surface area (TPSA) is 54.0 Å². The fraction of sp³-hybridized carbons (Fsp3) is 0.933. The molecule has 7 heteroatoms. The number of Topliss-reactive ketones (excluding diaryl/α,β-unsaturated/α-hetero) is 1. The Hall–Kier alpha value is -0.0562. The molecule has 0 unspecified atom stereocenters. The van der Waals surface area contributed by atoms with Crippen molar-refractivity contribution in [3.63, 3.8) is 0 Å². The van der Waals surface area contributed by atoms with Gasteiger partial charge in [-0.05, 0) is 12.8 Å². The van der Waals surface area contributed by atoms with E-state index in [0.29, 0.717) is 18.6 Å². The molecule has 0 saturated carbocycles. The minimum Gasteiger partial charge on any atom is -0.400 e. The summed E-state index contributed by atoms with van der Waals surface area (Å²) < 4.78 is 21.8. The van der Waals surface area contributed by atoms with Crippen molar-refractivity contribution in [2.24, 2.45) is 0 Å². The lowest BCUT2D eigenvalue weighted by Gasteiger charge is -2.31. The van der Waals surface area contributed by atoms with Gasteiger partial charge in [-0.15, -0.1) is 0 Å². The summed E-state index contributed by atoms with van der Waals surface area (Å²) in [5.41, 5.74) is 0. The molecule has 132 valence electrons. The Balaban J connectivity index is 4.36. The van der Waals surface area contributed by atoms with Crippen LogP contribution in [0.2, 0.25) is 10.1 Å². The van der Waals surface area contributed by atoms with Gasteiger partial charge in [0.15, 0.2) is 0 Å². The average Bonchev–Trinajstić information content (AvgIpc) is 2.45. The highest BCUT2D eigenvalue weighted by molar-refractivity contribution is 6.48. The van der Waals surface area contributed by atoms with E-state index in [1.165, 1.54) is 0 Å². The lowest BCUT2D eigenvalue weighted by molar-refractivity contribution is -0.119.